The van der Waals surface area contributed by atoms with Gasteiger partial charge in [-0.2, -0.15) is 0 Å². The molecule has 1 heterocycles. The van der Waals surface area contributed by atoms with Crippen molar-refractivity contribution in [2.75, 3.05) is 7.11 Å². The Hall–Kier alpha value is -2.53. The normalized spacial score (nSPS) is 10.9. The maximum atomic E-state index is 10.0. The van der Waals surface area contributed by atoms with E-state index in [9.17, 15) is 5.11 Å². The van der Waals surface area contributed by atoms with Gasteiger partial charge in [0.2, 0.25) is 0 Å². The summed E-state index contributed by atoms with van der Waals surface area (Å²) in [6.45, 7) is 1.14. The first-order chi connectivity index (χ1) is 10.3. The highest BCUT2D eigenvalue weighted by Gasteiger charge is 2.07. The lowest BCUT2D eigenvalue weighted by molar-refractivity contribution is 0.369. The van der Waals surface area contributed by atoms with Crippen LogP contribution in [0.5, 0.6) is 11.5 Å². The quantitative estimate of drug-likeness (QED) is 0.673. The van der Waals surface area contributed by atoms with Gasteiger partial charge in [-0.05, 0) is 18.2 Å². The average molecular weight is 283 g/mol. The summed E-state index contributed by atoms with van der Waals surface area (Å²) >= 11 is 0. The van der Waals surface area contributed by atoms with Crippen LogP contribution in [-0.2, 0) is 13.1 Å². The Kier molecular flexibility index (Phi) is 3.75. The molecule has 0 aliphatic carbocycles. The summed E-state index contributed by atoms with van der Waals surface area (Å²) in [4.78, 5) is 7.75. The van der Waals surface area contributed by atoms with Crippen LogP contribution >= 0.6 is 0 Å². The van der Waals surface area contributed by atoms with E-state index in [0.29, 0.717) is 18.8 Å². The first kappa shape index (κ1) is 13.5. The number of aromatic amines is 1. The number of nitrogens with one attached hydrogen (secondary N) is 2. The van der Waals surface area contributed by atoms with E-state index < -0.39 is 0 Å². The van der Waals surface area contributed by atoms with Crippen LogP contribution in [0.2, 0.25) is 0 Å². The first-order valence-electron chi connectivity index (χ1n) is 6.77. The number of aromatic nitrogens is 2. The number of phenols is 1. The number of imidazole rings is 1. The standard InChI is InChI=1S/C16H17N3O2/c1-21-14-8-4-5-11(16(14)20)9-17-10-15-18-12-6-2-3-7-13(12)19-15/h2-8,17,20H,9-10H2,1H3,(H,18,19). The van der Waals surface area contributed by atoms with Gasteiger partial charge in [0.05, 0.1) is 24.7 Å². The smallest absolute Gasteiger partial charge is 0.162 e. The van der Waals surface area contributed by atoms with E-state index in [-0.39, 0.29) is 5.75 Å². The molecule has 0 atom stereocenters. The molecule has 3 aromatic rings. The fourth-order valence-corrected chi connectivity index (χ4v) is 2.28. The number of fused-ring (bicyclic) bond motifs is 1. The van der Waals surface area contributed by atoms with Crippen LogP contribution in [0.3, 0.4) is 0 Å². The van der Waals surface area contributed by atoms with E-state index in [0.717, 1.165) is 22.4 Å². The van der Waals surface area contributed by atoms with E-state index in [2.05, 4.69) is 15.3 Å². The topological polar surface area (TPSA) is 70.2 Å². The molecule has 0 bridgehead atoms. The molecule has 0 aliphatic rings. The minimum absolute atomic E-state index is 0.178. The number of nitrogens with zero attached hydrogens (tertiary/aromatic N) is 1. The second-order valence-corrected chi connectivity index (χ2v) is 4.77. The number of hydrogen-bond acceptors (Lipinski definition) is 4. The number of aromatic hydroxyl groups is 1. The minimum atomic E-state index is 0.178. The van der Waals surface area contributed by atoms with Gasteiger partial charge in [0.25, 0.3) is 0 Å². The van der Waals surface area contributed by atoms with Crippen molar-refractivity contribution in [1.82, 2.24) is 15.3 Å². The Morgan fingerprint density at radius 3 is 2.81 bits per heavy atom. The van der Waals surface area contributed by atoms with Crippen LogP contribution < -0.4 is 10.1 Å². The second-order valence-electron chi connectivity index (χ2n) is 4.77. The molecule has 108 valence electrons. The molecule has 5 nitrogen and oxygen atoms in total. The van der Waals surface area contributed by atoms with Crippen LogP contribution in [0.15, 0.2) is 42.5 Å². The van der Waals surface area contributed by atoms with E-state index in [1.165, 1.54) is 0 Å². The highest BCUT2D eigenvalue weighted by atomic mass is 16.5. The highest BCUT2D eigenvalue weighted by molar-refractivity contribution is 5.74. The Bertz CT molecular complexity index is 719. The van der Waals surface area contributed by atoms with Crippen LogP contribution in [0.25, 0.3) is 11.0 Å². The Balaban J connectivity index is 1.66. The Morgan fingerprint density at radius 1 is 1.14 bits per heavy atom. The van der Waals surface area contributed by atoms with Crippen LogP contribution in [-0.4, -0.2) is 22.2 Å². The number of methoxy groups -OCH3 is 1. The average Bonchev–Trinajstić information content (AvgIpc) is 2.91. The second kappa shape index (κ2) is 5.85. The molecule has 0 saturated carbocycles. The van der Waals surface area contributed by atoms with Crippen molar-refractivity contribution in [3.8, 4) is 11.5 Å². The van der Waals surface area contributed by atoms with Gasteiger partial charge in [0.15, 0.2) is 11.5 Å². The Labute approximate surface area is 122 Å². The number of H-pyrrole nitrogens is 1. The Morgan fingerprint density at radius 2 is 2.00 bits per heavy atom. The summed E-state index contributed by atoms with van der Waals surface area (Å²) in [5.41, 5.74) is 2.78. The van der Waals surface area contributed by atoms with Crippen LogP contribution in [0.4, 0.5) is 0 Å². The van der Waals surface area contributed by atoms with E-state index in [1.54, 1.807) is 13.2 Å². The summed E-state index contributed by atoms with van der Waals surface area (Å²) in [5, 5.41) is 13.3. The predicted molar refractivity (Wildman–Crippen MR) is 81.3 cm³/mol. The van der Waals surface area contributed by atoms with Crippen molar-refractivity contribution in [1.29, 1.82) is 0 Å². The largest absolute Gasteiger partial charge is 0.504 e. The van der Waals surface area contributed by atoms with Crippen molar-refractivity contribution in [3.05, 3.63) is 53.9 Å². The van der Waals surface area contributed by atoms with Gasteiger partial charge in [-0.25, -0.2) is 4.98 Å². The molecule has 0 amide bonds. The zero-order chi connectivity index (χ0) is 14.7. The monoisotopic (exact) mass is 283 g/mol. The van der Waals surface area contributed by atoms with Gasteiger partial charge in [-0.15, -0.1) is 0 Å². The van der Waals surface area contributed by atoms with Gasteiger partial charge in [0, 0.05) is 12.1 Å². The lowest BCUT2D eigenvalue weighted by Gasteiger charge is -2.09. The van der Waals surface area contributed by atoms with Gasteiger partial charge in [0.1, 0.15) is 5.82 Å². The van der Waals surface area contributed by atoms with Crippen molar-refractivity contribution < 1.29 is 9.84 Å². The molecule has 0 saturated heterocycles. The molecule has 3 N–H and O–H groups in total. The lowest BCUT2D eigenvalue weighted by atomic mass is 10.2. The molecule has 0 aliphatic heterocycles. The predicted octanol–water partition coefficient (Wildman–Crippen LogP) is 2.57. The van der Waals surface area contributed by atoms with Crippen molar-refractivity contribution in [2.45, 2.75) is 13.1 Å². The number of hydrogen-bond donors (Lipinski definition) is 3. The van der Waals surface area contributed by atoms with Crippen molar-refractivity contribution >= 4 is 11.0 Å². The number of phenolic OH excluding ortho intramolecular Hbond substituents is 1. The number of rotatable bonds is 5. The zero-order valence-corrected chi connectivity index (χ0v) is 11.8. The van der Waals surface area contributed by atoms with Gasteiger partial charge in [-0.1, -0.05) is 24.3 Å². The molecule has 0 unspecified atom stereocenters. The molecule has 0 fully saturated rings. The lowest BCUT2D eigenvalue weighted by Crippen LogP contribution is -2.13. The van der Waals surface area contributed by atoms with E-state index >= 15 is 0 Å². The summed E-state index contributed by atoms with van der Waals surface area (Å²) in [7, 11) is 1.54. The fourth-order valence-electron chi connectivity index (χ4n) is 2.28. The first-order valence-corrected chi connectivity index (χ1v) is 6.77. The number of para-hydroxylation sites is 3. The molecular formula is C16H17N3O2. The van der Waals surface area contributed by atoms with Crippen molar-refractivity contribution in [2.24, 2.45) is 0 Å². The van der Waals surface area contributed by atoms with E-state index in [4.69, 9.17) is 4.74 Å². The molecular weight excluding hydrogens is 266 g/mol. The van der Waals surface area contributed by atoms with Gasteiger partial charge < -0.3 is 20.1 Å². The van der Waals surface area contributed by atoms with Gasteiger partial charge in [-0.3, -0.25) is 0 Å². The number of ether oxygens (including phenoxy) is 1. The minimum Gasteiger partial charge on any atom is -0.504 e. The summed E-state index contributed by atoms with van der Waals surface area (Å²) < 4.78 is 5.09. The third-order valence-corrected chi connectivity index (χ3v) is 3.35. The third kappa shape index (κ3) is 2.83. The summed E-state index contributed by atoms with van der Waals surface area (Å²) in [5.74, 6) is 1.54. The molecule has 1 aromatic heterocycles. The van der Waals surface area contributed by atoms with Gasteiger partial charge >= 0.3 is 0 Å². The maximum Gasteiger partial charge on any atom is 0.162 e. The molecule has 21 heavy (non-hydrogen) atoms. The zero-order valence-electron chi connectivity index (χ0n) is 11.8. The molecule has 3 rings (SSSR count). The summed E-state index contributed by atoms with van der Waals surface area (Å²) in [6, 6.07) is 13.4. The maximum absolute atomic E-state index is 10.0. The fraction of sp³-hybridized carbons (Fsp3) is 0.188. The highest BCUT2D eigenvalue weighted by Crippen LogP contribution is 2.29. The SMILES string of the molecule is COc1cccc(CNCc2nc3ccccc3[nH]2)c1O. The van der Waals surface area contributed by atoms with E-state index in [1.807, 2.05) is 36.4 Å². The molecule has 5 heteroatoms. The molecule has 0 spiro atoms. The van der Waals surface area contributed by atoms with Crippen molar-refractivity contribution in [3.63, 3.8) is 0 Å². The van der Waals surface area contributed by atoms with Crippen LogP contribution in [0, 0.1) is 0 Å². The molecule has 0 radical (unpaired) electrons. The molecule has 2 aromatic carbocycles. The number of benzene rings is 2. The third-order valence-electron chi connectivity index (χ3n) is 3.35. The summed E-state index contributed by atoms with van der Waals surface area (Å²) in [6.07, 6.45) is 0. The van der Waals surface area contributed by atoms with Crippen LogP contribution in [0.1, 0.15) is 11.4 Å².